The van der Waals surface area contributed by atoms with Crippen molar-refractivity contribution in [1.82, 2.24) is 24.9 Å². The van der Waals surface area contributed by atoms with Crippen LogP contribution in [-0.4, -0.2) is 42.8 Å². The lowest BCUT2D eigenvalue weighted by molar-refractivity contribution is -0.117. The average Bonchev–Trinajstić information content (AvgIpc) is 3.71. The van der Waals surface area contributed by atoms with Gasteiger partial charge in [0.05, 0.1) is 17.6 Å². The molecule has 2 amide bonds. The number of pyridine rings is 2. The average molecular weight is 488 g/mol. The van der Waals surface area contributed by atoms with Crippen LogP contribution in [-0.2, 0) is 9.59 Å². The van der Waals surface area contributed by atoms with Crippen LogP contribution in [0.3, 0.4) is 0 Å². The van der Waals surface area contributed by atoms with Gasteiger partial charge in [0.15, 0.2) is 5.82 Å². The Morgan fingerprint density at radius 1 is 1.11 bits per heavy atom. The Balaban J connectivity index is 1.56. The standard InChI is InChI=1S/C25H29N9O2/c1-14(2)34(27)13-20(26)25(36)31-18-11-19(15(3)30-12-18)23-29-9-7-21(32-23)17-6-8-28-22(10-17)33-24(35)16-4-5-16/h6-14,16H,4-5,26-27H2,1-3H3,(H,31,36)(H,28,33,35)/b20-13-. The lowest BCUT2D eigenvalue weighted by Crippen LogP contribution is -2.34. The van der Waals surface area contributed by atoms with Gasteiger partial charge in [-0.05, 0) is 57.9 Å². The first-order valence-electron chi connectivity index (χ1n) is 11.6. The largest absolute Gasteiger partial charge is 0.393 e. The minimum Gasteiger partial charge on any atom is -0.393 e. The molecule has 0 bridgehead atoms. The number of hydrazine groups is 1. The van der Waals surface area contributed by atoms with Gasteiger partial charge < -0.3 is 21.4 Å². The number of amides is 2. The van der Waals surface area contributed by atoms with Crippen molar-refractivity contribution in [3.8, 4) is 22.6 Å². The molecule has 186 valence electrons. The molecule has 4 rings (SSSR count). The molecule has 0 saturated heterocycles. The molecule has 0 unspecified atom stereocenters. The zero-order chi connectivity index (χ0) is 25.8. The van der Waals surface area contributed by atoms with E-state index in [0.717, 1.165) is 18.4 Å². The van der Waals surface area contributed by atoms with E-state index in [9.17, 15) is 9.59 Å². The molecule has 0 aliphatic heterocycles. The summed E-state index contributed by atoms with van der Waals surface area (Å²) in [7, 11) is 0. The van der Waals surface area contributed by atoms with Crippen LogP contribution in [0.15, 0.2) is 54.8 Å². The fraction of sp³-hybridized carbons (Fsp3) is 0.280. The molecule has 3 aromatic rings. The first-order valence-corrected chi connectivity index (χ1v) is 11.6. The second-order valence-electron chi connectivity index (χ2n) is 8.90. The van der Waals surface area contributed by atoms with E-state index in [1.807, 2.05) is 26.8 Å². The third-order valence-corrected chi connectivity index (χ3v) is 5.64. The highest BCUT2D eigenvalue weighted by atomic mass is 16.2. The van der Waals surface area contributed by atoms with Crippen LogP contribution in [0.25, 0.3) is 22.6 Å². The number of aromatic nitrogens is 4. The number of carbonyl (C=O) groups is 2. The van der Waals surface area contributed by atoms with E-state index in [2.05, 4.69) is 25.6 Å². The van der Waals surface area contributed by atoms with Crippen LogP contribution in [0.4, 0.5) is 11.5 Å². The van der Waals surface area contributed by atoms with Gasteiger partial charge >= 0.3 is 0 Å². The van der Waals surface area contributed by atoms with Crippen molar-refractivity contribution in [2.45, 2.75) is 39.7 Å². The first kappa shape index (κ1) is 24.7. The Kier molecular flexibility index (Phi) is 7.20. The SMILES string of the molecule is Cc1ncc(NC(=O)/C(N)=C/N(N)C(C)C)cc1-c1nccc(-c2ccnc(NC(=O)C3CC3)c2)n1. The molecule has 0 spiro atoms. The minimum absolute atomic E-state index is 0.0116. The van der Waals surface area contributed by atoms with E-state index >= 15 is 0 Å². The number of aryl methyl sites for hydroxylation is 1. The molecular weight excluding hydrogens is 458 g/mol. The maximum Gasteiger partial charge on any atom is 0.273 e. The highest BCUT2D eigenvalue weighted by Gasteiger charge is 2.29. The van der Waals surface area contributed by atoms with Crippen molar-refractivity contribution < 1.29 is 9.59 Å². The molecule has 1 fully saturated rings. The van der Waals surface area contributed by atoms with Gasteiger partial charge in [0.2, 0.25) is 5.91 Å². The van der Waals surface area contributed by atoms with Crippen molar-refractivity contribution in [3.05, 3.63) is 60.4 Å². The van der Waals surface area contributed by atoms with Gasteiger partial charge in [-0.3, -0.25) is 14.6 Å². The number of rotatable bonds is 8. The summed E-state index contributed by atoms with van der Waals surface area (Å²) in [6, 6.07) is 7.09. The molecule has 1 saturated carbocycles. The van der Waals surface area contributed by atoms with E-state index in [0.29, 0.717) is 34.3 Å². The van der Waals surface area contributed by atoms with Gasteiger partial charge in [-0.1, -0.05) is 0 Å². The quantitative estimate of drug-likeness (QED) is 0.212. The maximum absolute atomic E-state index is 12.5. The molecule has 0 radical (unpaired) electrons. The Bertz CT molecular complexity index is 1320. The lowest BCUT2D eigenvalue weighted by atomic mass is 10.1. The van der Waals surface area contributed by atoms with Crippen LogP contribution in [0.5, 0.6) is 0 Å². The number of hydrogen-bond donors (Lipinski definition) is 4. The van der Waals surface area contributed by atoms with Crippen molar-refractivity contribution in [1.29, 1.82) is 0 Å². The molecule has 11 nitrogen and oxygen atoms in total. The van der Waals surface area contributed by atoms with E-state index < -0.39 is 5.91 Å². The highest BCUT2D eigenvalue weighted by Crippen LogP contribution is 2.30. The second-order valence-corrected chi connectivity index (χ2v) is 8.90. The van der Waals surface area contributed by atoms with Crippen LogP contribution < -0.4 is 22.2 Å². The van der Waals surface area contributed by atoms with Crippen LogP contribution in [0, 0.1) is 12.8 Å². The monoisotopic (exact) mass is 487 g/mol. The van der Waals surface area contributed by atoms with Crippen LogP contribution in [0.2, 0.25) is 0 Å². The van der Waals surface area contributed by atoms with Crippen LogP contribution >= 0.6 is 0 Å². The molecule has 0 atom stereocenters. The summed E-state index contributed by atoms with van der Waals surface area (Å²) in [5.41, 5.74) is 9.06. The van der Waals surface area contributed by atoms with Gasteiger partial charge in [-0.15, -0.1) is 0 Å². The van der Waals surface area contributed by atoms with E-state index in [4.69, 9.17) is 16.6 Å². The molecule has 11 heteroatoms. The number of nitrogens with one attached hydrogen (secondary N) is 2. The molecular formula is C25H29N9O2. The fourth-order valence-corrected chi connectivity index (χ4v) is 3.28. The second kappa shape index (κ2) is 10.5. The summed E-state index contributed by atoms with van der Waals surface area (Å²) < 4.78 is 0. The third-order valence-electron chi connectivity index (χ3n) is 5.64. The third kappa shape index (κ3) is 5.99. The number of hydrogen-bond acceptors (Lipinski definition) is 9. The zero-order valence-corrected chi connectivity index (χ0v) is 20.4. The van der Waals surface area contributed by atoms with Crippen molar-refractivity contribution in [3.63, 3.8) is 0 Å². The number of anilines is 2. The van der Waals surface area contributed by atoms with Crippen molar-refractivity contribution in [2.75, 3.05) is 10.6 Å². The van der Waals surface area contributed by atoms with E-state index in [-0.39, 0.29) is 23.6 Å². The predicted molar refractivity (Wildman–Crippen MR) is 137 cm³/mol. The van der Waals surface area contributed by atoms with Crippen molar-refractivity contribution in [2.24, 2.45) is 17.5 Å². The molecule has 3 heterocycles. The predicted octanol–water partition coefficient (Wildman–Crippen LogP) is 2.58. The van der Waals surface area contributed by atoms with Gasteiger partial charge in [0, 0.05) is 47.4 Å². The normalized spacial score (nSPS) is 13.4. The molecule has 1 aliphatic rings. The van der Waals surface area contributed by atoms with E-state index in [1.54, 1.807) is 30.6 Å². The maximum atomic E-state index is 12.5. The summed E-state index contributed by atoms with van der Waals surface area (Å²) in [4.78, 5) is 42.3. The molecule has 1 aliphatic carbocycles. The number of nitrogens with zero attached hydrogens (tertiary/aromatic N) is 5. The zero-order valence-electron chi connectivity index (χ0n) is 20.4. The molecule has 36 heavy (non-hydrogen) atoms. The Morgan fingerprint density at radius 3 is 2.58 bits per heavy atom. The number of nitrogens with two attached hydrogens (primary N) is 2. The first-order chi connectivity index (χ1) is 17.2. The summed E-state index contributed by atoms with van der Waals surface area (Å²) in [6.45, 7) is 5.59. The Hall–Kier alpha value is -4.38. The summed E-state index contributed by atoms with van der Waals surface area (Å²) >= 11 is 0. The van der Waals surface area contributed by atoms with Crippen molar-refractivity contribution >= 4 is 23.3 Å². The fourth-order valence-electron chi connectivity index (χ4n) is 3.28. The van der Waals surface area contributed by atoms with Gasteiger partial charge in [0.1, 0.15) is 11.5 Å². The minimum atomic E-state index is -0.505. The summed E-state index contributed by atoms with van der Waals surface area (Å²) in [5, 5.41) is 6.94. The Labute approximate surface area is 209 Å². The highest BCUT2D eigenvalue weighted by molar-refractivity contribution is 6.03. The van der Waals surface area contributed by atoms with Crippen LogP contribution in [0.1, 0.15) is 32.4 Å². The topological polar surface area (TPSA) is 165 Å². The van der Waals surface area contributed by atoms with Gasteiger partial charge in [0.25, 0.3) is 5.91 Å². The molecule has 6 N–H and O–H groups in total. The summed E-state index contributed by atoms with van der Waals surface area (Å²) in [5.74, 6) is 6.30. The smallest absolute Gasteiger partial charge is 0.273 e. The Morgan fingerprint density at radius 2 is 1.86 bits per heavy atom. The lowest BCUT2D eigenvalue weighted by Gasteiger charge is -2.18. The van der Waals surface area contributed by atoms with Gasteiger partial charge in [-0.2, -0.15) is 0 Å². The molecule has 0 aromatic carbocycles. The molecule has 3 aromatic heterocycles. The number of carbonyl (C=O) groups excluding carboxylic acids is 2. The van der Waals surface area contributed by atoms with E-state index in [1.165, 1.54) is 17.4 Å². The van der Waals surface area contributed by atoms with Gasteiger partial charge in [-0.25, -0.2) is 20.8 Å². The summed E-state index contributed by atoms with van der Waals surface area (Å²) in [6.07, 6.45) is 8.02.